The summed E-state index contributed by atoms with van der Waals surface area (Å²) in [7, 11) is 0. The van der Waals surface area contributed by atoms with E-state index in [1.807, 2.05) is 49.4 Å². The highest BCUT2D eigenvalue weighted by molar-refractivity contribution is 6.01. The van der Waals surface area contributed by atoms with E-state index in [0.29, 0.717) is 18.9 Å². The lowest BCUT2D eigenvalue weighted by atomic mass is 10.0. The Hall–Kier alpha value is -2.82. The van der Waals surface area contributed by atoms with E-state index in [1.165, 1.54) is 5.56 Å². The van der Waals surface area contributed by atoms with Crippen LogP contribution in [0.3, 0.4) is 0 Å². The predicted molar refractivity (Wildman–Crippen MR) is 108 cm³/mol. The van der Waals surface area contributed by atoms with Crippen molar-refractivity contribution in [2.45, 2.75) is 38.1 Å². The number of rotatable bonds is 7. The molecule has 2 aromatic rings. The van der Waals surface area contributed by atoms with Crippen molar-refractivity contribution in [3.8, 4) is 5.75 Å². The van der Waals surface area contributed by atoms with Crippen LogP contribution in [0.25, 0.3) is 0 Å². The lowest BCUT2D eigenvalue weighted by Gasteiger charge is -2.22. The van der Waals surface area contributed by atoms with Crippen LogP contribution in [-0.4, -0.2) is 30.5 Å². The summed E-state index contributed by atoms with van der Waals surface area (Å²) in [4.78, 5) is 27.2. The molecule has 0 radical (unpaired) electrons. The van der Waals surface area contributed by atoms with Gasteiger partial charge in [0.1, 0.15) is 5.75 Å². The van der Waals surface area contributed by atoms with Crippen molar-refractivity contribution in [1.82, 2.24) is 5.32 Å². The van der Waals surface area contributed by atoms with Crippen molar-refractivity contribution in [2.24, 2.45) is 5.92 Å². The van der Waals surface area contributed by atoms with Crippen LogP contribution >= 0.6 is 0 Å². The quantitative estimate of drug-likeness (QED) is 0.804. The number of para-hydroxylation sites is 2. The first-order valence-electron chi connectivity index (χ1n) is 9.98. The molecule has 1 saturated heterocycles. The molecule has 2 amide bonds. The summed E-state index contributed by atoms with van der Waals surface area (Å²) in [5.41, 5.74) is 1.84. The van der Waals surface area contributed by atoms with Crippen LogP contribution in [0.1, 0.15) is 31.7 Å². The molecule has 0 spiro atoms. The molecule has 4 rings (SSSR count). The van der Waals surface area contributed by atoms with Gasteiger partial charge in [0.15, 0.2) is 0 Å². The molecule has 2 aromatic carbocycles. The van der Waals surface area contributed by atoms with Gasteiger partial charge >= 0.3 is 0 Å². The van der Waals surface area contributed by atoms with Crippen molar-refractivity contribution in [1.29, 1.82) is 0 Å². The maximum Gasteiger partial charge on any atom is 0.227 e. The summed E-state index contributed by atoms with van der Waals surface area (Å²) < 4.78 is 5.66. The molecule has 2 fully saturated rings. The minimum Gasteiger partial charge on any atom is -0.492 e. The number of carbonyl (C=O) groups excluding carboxylic acids is 2. The van der Waals surface area contributed by atoms with Gasteiger partial charge in [-0.3, -0.25) is 9.59 Å². The first-order chi connectivity index (χ1) is 13.6. The van der Waals surface area contributed by atoms with Crippen LogP contribution in [0.15, 0.2) is 54.6 Å². The number of nitrogens with one attached hydrogen (secondary N) is 1. The summed E-state index contributed by atoms with van der Waals surface area (Å²) in [6.07, 6.45) is 3.07. The maximum atomic E-state index is 12.9. The van der Waals surface area contributed by atoms with Crippen LogP contribution in [0.4, 0.5) is 5.69 Å². The minimum atomic E-state index is -0.324. The zero-order valence-electron chi connectivity index (χ0n) is 16.2. The fourth-order valence-corrected chi connectivity index (χ4v) is 3.92. The lowest BCUT2D eigenvalue weighted by molar-refractivity contribution is -0.127. The molecular weight excluding hydrogens is 352 g/mol. The second kappa shape index (κ2) is 7.66. The van der Waals surface area contributed by atoms with E-state index in [0.717, 1.165) is 24.9 Å². The number of nitrogens with zero attached hydrogens (tertiary/aromatic N) is 1. The van der Waals surface area contributed by atoms with Crippen LogP contribution in [0.2, 0.25) is 0 Å². The van der Waals surface area contributed by atoms with Gasteiger partial charge in [-0.1, -0.05) is 42.5 Å². The first kappa shape index (κ1) is 18.5. The molecule has 1 saturated carbocycles. The van der Waals surface area contributed by atoms with E-state index >= 15 is 0 Å². The monoisotopic (exact) mass is 378 g/mol. The molecule has 2 aliphatic rings. The summed E-state index contributed by atoms with van der Waals surface area (Å²) in [5, 5.41) is 3.24. The van der Waals surface area contributed by atoms with Gasteiger partial charge in [-0.15, -0.1) is 0 Å². The van der Waals surface area contributed by atoms with Crippen LogP contribution in [-0.2, 0) is 16.0 Å². The van der Waals surface area contributed by atoms with Crippen molar-refractivity contribution >= 4 is 17.5 Å². The Balaban J connectivity index is 1.42. The van der Waals surface area contributed by atoms with Gasteiger partial charge < -0.3 is 15.0 Å². The fraction of sp³-hybridized carbons (Fsp3) is 0.391. The zero-order valence-corrected chi connectivity index (χ0v) is 16.2. The summed E-state index contributed by atoms with van der Waals surface area (Å²) in [6, 6.07) is 17.7. The molecule has 5 heteroatoms. The van der Waals surface area contributed by atoms with Gasteiger partial charge in [-0.25, -0.2) is 0 Å². The Morgan fingerprint density at radius 2 is 1.86 bits per heavy atom. The highest BCUT2D eigenvalue weighted by Crippen LogP contribution is 2.40. The fourth-order valence-electron chi connectivity index (χ4n) is 3.92. The third-order valence-corrected chi connectivity index (χ3v) is 5.58. The second-order valence-electron chi connectivity index (χ2n) is 7.74. The van der Waals surface area contributed by atoms with Gasteiger partial charge in [-0.2, -0.15) is 0 Å². The topological polar surface area (TPSA) is 58.6 Å². The number of anilines is 1. The molecule has 28 heavy (non-hydrogen) atoms. The first-order valence-corrected chi connectivity index (χ1v) is 9.98. The molecule has 1 atom stereocenters. The lowest BCUT2D eigenvalue weighted by Crippen LogP contribution is -2.42. The van der Waals surface area contributed by atoms with Crippen LogP contribution < -0.4 is 15.0 Å². The van der Waals surface area contributed by atoms with Gasteiger partial charge in [0.25, 0.3) is 0 Å². The van der Waals surface area contributed by atoms with Gasteiger partial charge in [0.05, 0.1) is 18.2 Å². The van der Waals surface area contributed by atoms with E-state index in [9.17, 15) is 9.59 Å². The molecule has 0 bridgehead atoms. The van der Waals surface area contributed by atoms with Crippen molar-refractivity contribution in [3.05, 3.63) is 60.2 Å². The summed E-state index contributed by atoms with van der Waals surface area (Å²) >= 11 is 0. The van der Waals surface area contributed by atoms with Crippen molar-refractivity contribution < 1.29 is 14.3 Å². The number of hydrogen-bond acceptors (Lipinski definition) is 3. The maximum absolute atomic E-state index is 12.9. The molecule has 146 valence electrons. The molecule has 1 aliphatic carbocycles. The van der Waals surface area contributed by atoms with Gasteiger partial charge in [0, 0.05) is 18.5 Å². The number of hydrogen-bond donors (Lipinski definition) is 1. The Bertz CT molecular complexity index is 861. The largest absolute Gasteiger partial charge is 0.492 e. The van der Waals surface area contributed by atoms with Crippen LogP contribution in [0, 0.1) is 5.92 Å². The number of amides is 2. The second-order valence-corrected chi connectivity index (χ2v) is 7.74. The Morgan fingerprint density at radius 3 is 2.57 bits per heavy atom. The van der Waals surface area contributed by atoms with Gasteiger partial charge in [0.2, 0.25) is 11.8 Å². The molecular formula is C23H26N2O3. The average Bonchev–Trinajstić information content (AvgIpc) is 3.33. The molecule has 0 aromatic heterocycles. The highest BCUT2D eigenvalue weighted by atomic mass is 16.5. The SMILES string of the molecule is CCOc1ccccc1N1CC(C(=O)NC2(Cc3ccccc3)CC2)CC1=O. The average molecular weight is 378 g/mol. The van der Waals surface area contributed by atoms with Crippen LogP contribution in [0.5, 0.6) is 5.75 Å². The molecule has 1 aliphatic heterocycles. The Labute approximate surface area is 165 Å². The molecule has 1 N–H and O–H groups in total. The number of carbonyl (C=O) groups is 2. The van der Waals surface area contributed by atoms with E-state index in [2.05, 4.69) is 17.4 Å². The summed E-state index contributed by atoms with van der Waals surface area (Å²) in [5.74, 6) is 0.316. The van der Waals surface area contributed by atoms with Crippen molar-refractivity contribution in [2.75, 3.05) is 18.1 Å². The van der Waals surface area contributed by atoms with E-state index in [1.54, 1.807) is 4.90 Å². The zero-order chi connectivity index (χ0) is 19.6. The van der Waals surface area contributed by atoms with E-state index in [4.69, 9.17) is 4.74 Å². The van der Waals surface area contributed by atoms with E-state index in [-0.39, 0.29) is 29.7 Å². The number of benzene rings is 2. The third-order valence-electron chi connectivity index (χ3n) is 5.58. The summed E-state index contributed by atoms with van der Waals surface area (Å²) in [6.45, 7) is 2.85. The highest BCUT2D eigenvalue weighted by Gasteiger charge is 2.46. The Morgan fingerprint density at radius 1 is 1.14 bits per heavy atom. The Kier molecular flexibility index (Phi) is 5.07. The third kappa shape index (κ3) is 3.88. The van der Waals surface area contributed by atoms with Crippen molar-refractivity contribution in [3.63, 3.8) is 0 Å². The molecule has 1 unspecified atom stereocenters. The predicted octanol–water partition coefficient (Wildman–Crippen LogP) is 3.33. The standard InChI is InChI=1S/C23H26N2O3/c1-2-28-20-11-7-6-10-19(20)25-16-18(14-21(25)26)22(27)24-23(12-13-23)15-17-8-4-3-5-9-17/h3-11,18H,2,12-16H2,1H3,(H,24,27). The normalized spacial score (nSPS) is 20.1. The number of ether oxygens (including phenoxy) is 1. The smallest absolute Gasteiger partial charge is 0.227 e. The van der Waals surface area contributed by atoms with Gasteiger partial charge in [-0.05, 0) is 43.9 Å². The molecule has 1 heterocycles. The minimum absolute atomic E-state index is 0.0156. The molecule has 5 nitrogen and oxygen atoms in total. The van der Waals surface area contributed by atoms with E-state index < -0.39 is 0 Å².